The Morgan fingerprint density at radius 3 is 3.00 bits per heavy atom. The van der Waals surface area contributed by atoms with Crippen LogP contribution in [0.3, 0.4) is 0 Å². The molecular formula is C10H9ClN2O3. The number of nitrogens with zero attached hydrogens (tertiary/aromatic N) is 1. The number of para-hydroxylation sites is 1. The van der Waals surface area contributed by atoms with Crippen LogP contribution < -0.4 is 5.73 Å². The minimum atomic E-state index is -0.999. The Morgan fingerprint density at radius 2 is 2.38 bits per heavy atom. The van der Waals surface area contributed by atoms with Gasteiger partial charge in [0.1, 0.15) is 5.52 Å². The second kappa shape index (κ2) is 4.11. The first kappa shape index (κ1) is 10.9. The number of carbonyl (C=O) groups is 1. The average Bonchev–Trinajstić information content (AvgIpc) is 2.61. The molecule has 0 saturated carbocycles. The highest BCUT2D eigenvalue weighted by Gasteiger charge is 2.17. The number of aromatic nitrogens is 1. The van der Waals surface area contributed by atoms with Crippen LogP contribution in [0.25, 0.3) is 11.1 Å². The van der Waals surface area contributed by atoms with E-state index in [1.165, 1.54) is 0 Å². The number of carboxylic acids is 1. The van der Waals surface area contributed by atoms with Crippen molar-refractivity contribution in [3.05, 3.63) is 29.1 Å². The van der Waals surface area contributed by atoms with E-state index in [9.17, 15) is 4.79 Å². The molecule has 0 fully saturated rings. The lowest BCUT2D eigenvalue weighted by Crippen LogP contribution is -2.15. The second-order valence-electron chi connectivity index (χ2n) is 3.34. The molecule has 2 rings (SSSR count). The lowest BCUT2D eigenvalue weighted by atomic mass is 10.2. The van der Waals surface area contributed by atoms with Crippen LogP contribution in [0.2, 0.25) is 5.02 Å². The smallest absolute Gasteiger partial charge is 0.305 e. The molecular weight excluding hydrogens is 232 g/mol. The van der Waals surface area contributed by atoms with Gasteiger partial charge in [-0.3, -0.25) is 4.79 Å². The molecule has 0 aliphatic carbocycles. The standard InChI is InChI=1S/C10H9ClN2O3/c11-5-2-1-3-7-9(5)16-10(13-7)6(12)4-8(14)15/h1-3,6H,4,12H2,(H,14,15). The molecule has 3 N–H and O–H groups in total. The van der Waals surface area contributed by atoms with E-state index in [1.807, 2.05) is 0 Å². The van der Waals surface area contributed by atoms with Crippen molar-refractivity contribution in [2.24, 2.45) is 5.73 Å². The molecule has 1 unspecified atom stereocenters. The zero-order valence-electron chi connectivity index (χ0n) is 8.18. The highest BCUT2D eigenvalue weighted by atomic mass is 35.5. The average molecular weight is 241 g/mol. The largest absolute Gasteiger partial charge is 0.481 e. The third kappa shape index (κ3) is 2.00. The molecule has 6 heteroatoms. The fraction of sp³-hybridized carbons (Fsp3) is 0.200. The third-order valence-corrected chi connectivity index (χ3v) is 2.39. The Bertz CT molecular complexity index is 538. The van der Waals surface area contributed by atoms with E-state index < -0.39 is 12.0 Å². The summed E-state index contributed by atoms with van der Waals surface area (Å²) in [7, 11) is 0. The monoisotopic (exact) mass is 240 g/mol. The third-order valence-electron chi connectivity index (χ3n) is 2.10. The molecule has 0 bridgehead atoms. The van der Waals surface area contributed by atoms with Crippen molar-refractivity contribution in [3.63, 3.8) is 0 Å². The molecule has 0 spiro atoms. The van der Waals surface area contributed by atoms with E-state index in [-0.39, 0.29) is 12.3 Å². The van der Waals surface area contributed by atoms with E-state index in [4.69, 9.17) is 26.9 Å². The number of benzene rings is 1. The lowest BCUT2D eigenvalue weighted by molar-refractivity contribution is -0.137. The van der Waals surface area contributed by atoms with Gasteiger partial charge in [-0.25, -0.2) is 4.98 Å². The summed E-state index contributed by atoms with van der Waals surface area (Å²) in [5.74, 6) is -0.814. The summed E-state index contributed by atoms with van der Waals surface area (Å²) in [6.45, 7) is 0. The first-order chi connectivity index (χ1) is 7.58. The van der Waals surface area contributed by atoms with Crippen LogP contribution in [-0.2, 0) is 4.79 Å². The quantitative estimate of drug-likeness (QED) is 0.856. The molecule has 16 heavy (non-hydrogen) atoms. The number of carboxylic acid groups (broad SMARTS) is 1. The number of hydrogen-bond donors (Lipinski definition) is 2. The fourth-order valence-electron chi connectivity index (χ4n) is 1.37. The van der Waals surface area contributed by atoms with Gasteiger partial charge in [-0.1, -0.05) is 17.7 Å². The van der Waals surface area contributed by atoms with Gasteiger partial charge in [-0.2, -0.15) is 0 Å². The van der Waals surface area contributed by atoms with Crippen molar-refractivity contribution in [2.75, 3.05) is 0 Å². The zero-order valence-corrected chi connectivity index (χ0v) is 8.94. The summed E-state index contributed by atoms with van der Waals surface area (Å²) in [5.41, 5.74) is 6.63. The summed E-state index contributed by atoms with van der Waals surface area (Å²) in [6.07, 6.45) is -0.232. The van der Waals surface area contributed by atoms with Crippen LogP contribution in [-0.4, -0.2) is 16.1 Å². The van der Waals surface area contributed by atoms with Crippen LogP contribution in [0.5, 0.6) is 0 Å². The topological polar surface area (TPSA) is 89.4 Å². The molecule has 1 heterocycles. The van der Waals surface area contributed by atoms with Crippen molar-refractivity contribution in [1.82, 2.24) is 4.98 Å². The van der Waals surface area contributed by atoms with Gasteiger partial charge in [0.05, 0.1) is 17.5 Å². The van der Waals surface area contributed by atoms with Gasteiger partial charge >= 0.3 is 5.97 Å². The number of oxazole rings is 1. The lowest BCUT2D eigenvalue weighted by Gasteiger charge is -2.01. The van der Waals surface area contributed by atoms with Crippen LogP contribution in [0, 0.1) is 0 Å². The zero-order chi connectivity index (χ0) is 11.7. The summed E-state index contributed by atoms with van der Waals surface area (Å²) >= 11 is 5.89. The molecule has 0 aliphatic rings. The van der Waals surface area contributed by atoms with Crippen LogP contribution in [0.4, 0.5) is 0 Å². The maximum Gasteiger partial charge on any atom is 0.305 e. The van der Waals surface area contributed by atoms with E-state index >= 15 is 0 Å². The summed E-state index contributed by atoms with van der Waals surface area (Å²) in [6, 6.07) is 4.36. The van der Waals surface area contributed by atoms with Gasteiger partial charge in [0.2, 0.25) is 5.89 Å². The molecule has 5 nitrogen and oxygen atoms in total. The Labute approximate surface area is 95.8 Å². The second-order valence-corrected chi connectivity index (χ2v) is 3.75. The molecule has 0 saturated heterocycles. The first-order valence-electron chi connectivity index (χ1n) is 4.60. The minimum absolute atomic E-state index is 0.186. The van der Waals surface area contributed by atoms with Crippen molar-refractivity contribution in [3.8, 4) is 0 Å². The summed E-state index contributed by atoms with van der Waals surface area (Å²) < 4.78 is 5.33. The summed E-state index contributed by atoms with van der Waals surface area (Å²) in [5, 5.41) is 9.03. The highest BCUT2D eigenvalue weighted by Crippen LogP contribution is 2.26. The molecule has 1 aromatic carbocycles. The number of rotatable bonds is 3. The van der Waals surface area contributed by atoms with Crippen LogP contribution >= 0.6 is 11.6 Å². The Morgan fingerprint density at radius 1 is 1.62 bits per heavy atom. The van der Waals surface area contributed by atoms with Crippen LogP contribution in [0.1, 0.15) is 18.4 Å². The maximum absolute atomic E-state index is 10.5. The number of nitrogens with two attached hydrogens (primary N) is 1. The maximum atomic E-state index is 10.5. The van der Waals surface area contributed by atoms with Gasteiger partial charge in [0, 0.05) is 0 Å². The number of aliphatic carboxylic acids is 1. The van der Waals surface area contributed by atoms with E-state index in [1.54, 1.807) is 18.2 Å². The van der Waals surface area contributed by atoms with Crippen molar-refractivity contribution in [2.45, 2.75) is 12.5 Å². The molecule has 2 aromatic rings. The SMILES string of the molecule is NC(CC(=O)O)c1nc2cccc(Cl)c2o1. The Kier molecular flexibility index (Phi) is 2.80. The van der Waals surface area contributed by atoms with E-state index in [0.29, 0.717) is 16.1 Å². The van der Waals surface area contributed by atoms with Gasteiger partial charge in [0.15, 0.2) is 5.58 Å². The minimum Gasteiger partial charge on any atom is -0.481 e. The van der Waals surface area contributed by atoms with E-state index in [0.717, 1.165) is 0 Å². The van der Waals surface area contributed by atoms with E-state index in [2.05, 4.69) is 4.98 Å². The Balaban J connectivity index is 2.39. The normalized spacial score (nSPS) is 12.9. The highest BCUT2D eigenvalue weighted by molar-refractivity contribution is 6.34. The van der Waals surface area contributed by atoms with Gasteiger partial charge < -0.3 is 15.3 Å². The van der Waals surface area contributed by atoms with Crippen molar-refractivity contribution in [1.29, 1.82) is 0 Å². The van der Waals surface area contributed by atoms with Gasteiger partial charge in [-0.05, 0) is 12.1 Å². The fourth-order valence-corrected chi connectivity index (χ4v) is 1.57. The number of halogens is 1. The molecule has 1 aromatic heterocycles. The molecule has 1 atom stereocenters. The molecule has 0 aliphatic heterocycles. The Hall–Kier alpha value is -1.59. The van der Waals surface area contributed by atoms with Crippen LogP contribution in [0.15, 0.2) is 22.6 Å². The first-order valence-corrected chi connectivity index (χ1v) is 4.98. The predicted octanol–water partition coefficient (Wildman–Crippen LogP) is 1.96. The predicted molar refractivity (Wildman–Crippen MR) is 58.2 cm³/mol. The summed E-state index contributed by atoms with van der Waals surface area (Å²) in [4.78, 5) is 14.6. The van der Waals surface area contributed by atoms with Crippen molar-refractivity contribution >= 4 is 28.7 Å². The number of hydrogen-bond acceptors (Lipinski definition) is 4. The molecule has 84 valence electrons. The number of fused-ring (bicyclic) bond motifs is 1. The van der Waals surface area contributed by atoms with Crippen molar-refractivity contribution < 1.29 is 14.3 Å². The molecule has 0 radical (unpaired) electrons. The van der Waals surface area contributed by atoms with Gasteiger partial charge in [0.25, 0.3) is 0 Å². The van der Waals surface area contributed by atoms with Gasteiger partial charge in [-0.15, -0.1) is 0 Å². The molecule has 0 amide bonds.